The van der Waals surface area contributed by atoms with Crippen LogP contribution >= 0.6 is 0 Å². The normalized spacial score (nSPS) is 25.1. The fraction of sp³-hybridized carbons (Fsp3) is 0.579. The Morgan fingerprint density at radius 1 is 0.920 bits per heavy atom. The van der Waals surface area contributed by atoms with Gasteiger partial charge in [-0.25, -0.2) is 0 Å². The van der Waals surface area contributed by atoms with E-state index in [9.17, 15) is 9.59 Å². The molecule has 2 atom stereocenters. The van der Waals surface area contributed by atoms with Crippen molar-refractivity contribution >= 4 is 17.5 Å². The predicted molar refractivity (Wildman–Crippen MR) is 92.4 cm³/mol. The average molecular weight is 344 g/mol. The Balaban J connectivity index is 1.28. The molecule has 1 aliphatic heterocycles. The molecule has 1 aromatic carbocycles. The lowest BCUT2D eigenvalue weighted by Gasteiger charge is -2.16. The van der Waals surface area contributed by atoms with Gasteiger partial charge in [0.1, 0.15) is 0 Å². The minimum atomic E-state index is -0.226. The van der Waals surface area contributed by atoms with Crippen molar-refractivity contribution in [3.8, 4) is 11.5 Å². The lowest BCUT2D eigenvalue weighted by molar-refractivity contribution is -0.125. The zero-order valence-electron chi connectivity index (χ0n) is 14.3. The van der Waals surface area contributed by atoms with Crippen LogP contribution in [0.4, 0.5) is 5.69 Å². The molecule has 134 valence electrons. The summed E-state index contributed by atoms with van der Waals surface area (Å²) in [4.78, 5) is 24.8. The van der Waals surface area contributed by atoms with Gasteiger partial charge in [0.05, 0.1) is 11.8 Å². The summed E-state index contributed by atoms with van der Waals surface area (Å²) >= 11 is 0. The van der Waals surface area contributed by atoms with Gasteiger partial charge in [-0.1, -0.05) is 25.7 Å². The molecule has 2 N–H and O–H groups in total. The van der Waals surface area contributed by atoms with Crippen molar-refractivity contribution in [1.29, 1.82) is 0 Å². The molecule has 4 rings (SSSR count). The Labute approximate surface area is 147 Å². The molecule has 0 aromatic heterocycles. The van der Waals surface area contributed by atoms with E-state index in [1.54, 1.807) is 18.2 Å². The molecule has 2 aliphatic carbocycles. The number of benzene rings is 1. The van der Waals surface area contributed by atoms with Crippen molar-refractivity contribution in [2.75, 3.05) is 12.1 Å². The van der Waals surface area contributed by atoms with Gasteiger partial charge >= 0.3 is 0 Å². The number of nitrogens with one attached hydrogen (secondary N) is 2. The fourth-order valence-electron chi connectivity index (χ4n) is 3.72. The fourth-order valence-corrected chi connectivity index (χ4v) is 3.72. The molecule has 1 aromatic rings. The highest BCUT2D eigenvalue weighted by molar-refractivity contribution is 5.99. The van der Waals surface area contributed by atoms with Crippen LogP contribution in [0, 0.1) is 11.8 Å². The first-order chi connectivity index (χ1) is 12.2. The molecule has 0 saturated heterocycles. The van der Waals surface area contributed by atoms with Crippen LogP contribution in [0.5, 0.6) is 11.5 Å². The van der Waals surface area contributed by atoms with Crippen molar-refractivity contribution in [3.05, 3.63) is 18.2 Å². The van der Waals surface area contributed by atoms with E-state index in [0.717, 1.165) is 12.8 Å². The molecule has 2 unspecified atom stereocenters. The highest BCUT2D eigenvalue weighted by Gasteiger charge is 2.48. The lowest BCUT2D eigenvalue weighted by atomic mass is 10.1. The first-order valence-corrected chi connectivity index (χ1v) is 9.21. The summed E-state index contributed by atoms with van der Waals surface area (Å²) < 4.78 is 10.6. The second-order valence-corrected chi connectivity index (χ2v) is 7.20. The Kier molecular flexibility index (Phi) is 4.51. The molecule has 2 fully saturated rings. The van der Waals surface area contributed by atoms with E-state index in [2.05, 4.69) is 10.6 Å². The third-order valence-corrected chi connectivity index (χ3v) is 5.31. The smallest absolute Gasteiger partial charge is 0.231 e. The number of hydrogen-bond acceptors (Lipinski definition) is 4. The number of fused-ring (bicyclic) bond motifs is 1. The van der Waals surface area contributed by atoms with Crippen LogP contribution < -0.4 is 20.1 Å². The van der Waals surface area contributed by atoms with Gasteiger partial charge in [-0.3, -0.25) is 9.59 Å². The molecule has 0 spiro atoms. The third-order valence-electron chi connectivity index (χ3n) is 5.31. The monoisotopic (exact) mass is 344 g/mol. The summed E-state index contributed by atoms with van der Waals surface area (Å²) in [6.45, 7) is 0.207. The Morgan fingerprint density at radius 3 is 2.44 bits per heavy atom. The van der Waals surface area contributed by atoms with Crippen LogP contribution in [-0.4, -0.2) is 24.6 Å². The van der Waals surface area contributed by atoms with Gasteiger partial charge in [-0.2, -0.15) is 0 Å². The molecule has 3 aliphatic rings. The summed E-state index contributed by atoms with van der Waals surface area (Å²) in [6, 6.07) is 5.60. The number of carbonyl (C=O) groups excluding carboxylic acids is 2. The number of carbonyl (C=O) groups is 2. The van der Waals surface area contributed by atoms with E-state index in [4.69, 9.17) is 9.47 Å². The molecular formula is C19H24N2O4. The number of ether oxygens (including phenoxy) is 2. The van der Waals surface area contributed by atoms with Crippen LogP contribution in [0.3, 0.4) is 0 Å². The molecule has 6 nitrogen and oxygen atoms in total. The summed E-state index contributed by atoms with van der Waals surface area (Å²) in [7, 11) is 0. The van der Waals surface area contributed by atoms with Crippen molar-refractivity contribution in [3.63, 3.8) is 0 Å². The van der Waals surface area contributed by atoms with Crippen LogP contribution in [-0.2, 0) is 9.59 Å². The van der Waals surface area contributed by atoms with Crippen LogP contribution in [0.2, 0.25) is 0 Å². The summed E-state index contributed by atoms with van der Waals surface area (Å²) in [6.07, 6.45) is 7.65. The van der Waals surface area contributed by atoms with E-state index < -0.39 is 0 Å². The Morgan fingerprint density at radius 2 is 1.64 bits per heavy atom. The van der Waals surface area contributed by atoms with Crippen LogP contribution in [0.15, 0.2) is 18.2 Å². The highest BCUT2D eigenvalue weighted by Crippen LogP contribution is 2.40. The number of anilines is 1. The quantitative estimate of drug-likeness (QED) is 0.824. The Bertz CT molecular complexity index is 667. The van der Waals surface area contributed by atoms with Gasteiger partial charge in [-0.05, 0) is 31.4 Å². The standard InChI is InChI=1S/C19H24N2O4/c22-18(20-12-5-3-1-2-4-6-12)14-10-15(14)19(23)21-13-7-8-16-17(9-13)25-11-24-16/h7-9,12,14-15H,1-6,10-11H2,(H,20,22)(H,21,23). The highest BCUT2D eigenvalue weighted by atomic mass is 16.7. The Hall–Kier alpha value is -2.24. The summed E-state index contributed by atoms with van der Waals surface area (Å²) in [5, 5.41) is 6.03. The van der Waals surface area contributed by atoms with Gasteiger partial charge in [0.2, 0.25) is 18.6 Å². The van der Waals surface area contributed by atoms with Gasteiger partial charge in [-0.15, -0.1) is 0 Å². The molecule has 25 heavy (non-hydrogen) atoms. The molecule has 0 radical (unpaired) electrons. The zero-order valence-corrected chi connectivity index (χ0v) is 14.3. The van der Waals surface area contributed by atoms with Gasteiger partial charge in [0.15, 0.2) is 11.5 Å². The van der Waals surface area contributed by atoms with Crippen molar-refractivity contribution in [1.82, 2.24) is 5.32 Å². The van der Waals surface area contributed by atoms with E-state index in [-0.39, 0.29) is 36.5 Å². The van der Waals surface area contributed by atoms with Crippen LogP contribution in [0.25, 0.3) is 0 Å². The topological polar surface area (TPSA) is 76.7 Å². The van der Waals surface area contributed by atoms with E-state index in [1.165, 1.54) is 25.7 Å². The lowest BCUT2D eigenvalue weighted by Crippen LogP contribution is -2.36. The number of rotatable bonds is 4. The summed E-state index contributed by atoms with van der Waals surface area (Å²) in [5.74, 6) is 0.854. The maximum atomic E-state index is 12.4. The van der Waals surface area contributed by atoms with Crippen molar-refractivity contribution < 1.29 is 19.1 Å². The van der Waals surface area contributed by atoms with E-state index >= 15 is 0 Å². The van der Waals surface area contributed by atoms with Crippen LogP contribution in [0.1, 0.15) is 44.9 Å². The predicted octanol–water partition coefficient (Wildman–Crippen LogP) is 2.83. The van der Waals surface area contributed by atoms with Crippen molar-refractivity contribution in [2.24, 2.45) is 11.8 Å². The SMILES string of the molecule is O=C(Nc1ccc2c(c1)OCO2)C1CC1C(=O)NC1CCCCCC1. The largest absolute Gasteiger partial charge is 0.454 e. The van der Waals surface area contributed by atoms with E-state index in [0.29, 0.717) is 23.6 Å². The maximum absolute atomic E-state index is 12.4. The van der Waals surface area contributed by atoms with Gasteiger partial charge in [0, 0.05) is 17.8 Å². The molecule has 1 heterocycles. The first-order valence-electron chi connectivity index (χ1n) is 9.21. The second kappa shape index (κ2) is 6.94. The zero-order chi connectivity index (χ0) is 17.2. The third kappa shape index (κ3) is 3.72. The molecule has 6 heteroatoms. The number of hydrogen-bond donors (Lipinski definition) is 2. The average Bonchev–Trinajstić information content (AvgIpc) is 3.34. The van der Waals surface area contributed by atoms with E-state index in [1.807, 2.05) is 0 Å². The molecule has 0 bridgehead atoms. The number of amides is 2. The van der Waals surface area contributed by atoms with Crippen molar-refractivity contribution in [2.45, 2.75) is 51.0 Å². The molecular weight excluding hydrogens is 320 g/mol. The second-order valence-electron chi connectivity index (χ2n) is 7.20. The summed E-state index contributed by atoms with van der Waals surface area (Å²) in [5.41, 5.74) is 0.670. The first kappa shape index (κ1) is 16.2. The maximum Gasteiger partial charge on any atom is 0.231 e. The minimum absolute atomic E-state index is 0.0396. The molecule has 2 amide bonds. The van der Waals surface area contributed by atoms with Gasteiger partial charge < -0.3 is 20.1 Å². The molecule has 2 saturated carbocycles. The van der Waals surface area contributed by atoms with Gasteiger partial charge in [0.25, 0.3) is 0 Å². The minimum Gasteiger partial charge on any atom is -0.454 e.